The lowest BCUT2D eigenvalue weighted by Gasteiger charge is -2.14. The van der Waals surface area contributed by atoms with Gasteiger partial charge >= 0.3 is 0 Å². The maximum Gasteiger partial charge on any atom is 0.184 e. The van der Waals surface area contributed by atoms with E-state index in [0.29, 0.717) is 21.9 Å². The molecule has 1 heterocycles. The number of aromatic nitrogens is 2. The van der Waals surface area contributed by atoms with Crippen LogP contribution in [0, 0.1) is 0 Å². The van der Waals surface area contributed by atoms with Crippen LogP contribution in [0.3, 0.4) is 0 Å². The second kappa shape index (κ2) is 7.52. The van der Waals surface area contributed by atoms with Crippen molar-refractivity contribution in [2.24, 2.45) is 0 Å². The fourth-order valence-electron chi connectivity index (χ4n) is 1.65. The molecule has 10 heteroatoms. The van der Waals surface area contributed by atoms with E-state index >= 15 is 0 Å². The topological polar surface area (TPSA) is 98.0 Å². The van der Waals surface area contributed by atoms with E-state index in [0.717, 1.165) is 10.8 Å². The van der Waals surface area contributed by atoms with Crippen molar-refractivity contribution in [2.45, 2.75) is 0 Å². The van der Waals surface area contributed by atoms with Gasteiger partial charge in [0.1, 0.15) is 0 Å². The van der Waals surface area contributed by atoms with Gasteiger partial charge in [0, 0.05) is 24.9 Å². The second-order valence-corrected chi connectivity index (χ2v) is 4.92. The number of anilines is 2. The molecule has 0 atom stereocenters. The zero-order chi connectivity index (χ0) is 15.9. The largest absolute Gasteiger partial charge is 0.364 e. The van der Waals surface area contributed by atoms with Crippen molar-refractivity contribution in [3.8, 4) is 0 Å². The third-order valence-corrected chi connectivity index (χ3v) is 3.34. The highest BCUT2D eigenvalue weighted by Gasteiger charge is 2.09. The average Bonchev–Trinajstić information content (AvgIpc) is 2.57. The Morgan fingerprint density at radius 2 is 1.23 bits per heavy atom. The number of hydrazine groups is 2. The van der Waals surface area contributed by atoms with Crippen LogP contribution in [0.15, 0.2) is 24.3 Å². The van der Waals surface area contributed by atoms with Crippen LogP contribution in [0.5, 0.6) is 0 Å². The van der Waals surface area contributed by atoms with Crippen LogP contribution >= 0.6 is 24.4 Å². The third-order valence-electron chi connectivity index (χ3n) is 2.73. The smallest absolute Gasteiger partial charge is 0.184 e. The Kier molecular flexibility index (Phi) is 5.44. The Morgan fingerprint density at radius 1 is 0.818 bits per heavy atom. The van der Waals surface area contributed by atoms with Gasteiger partial charge in [0.25, 0.3) is 0 Å². The summed E-state index contributed by atoms with van der Waals surface area (Å²) < 4.78 is 0. The van der Waals surface area contributed by atoms with Gasteiger partial charge in [-0.3, -0.25) is 21.7 Å². The summed E-state index contributed by atoms with van der Waals surface area (Å²) >= 11 is 10.0. The van der Waals surface area contributed by atoms with Gasteiger partial charge in [0.15, 0.2) is 21.9 Å². The SMILES string of the molecule is CNC(=S)NNc1nnc(NNC(=S)NC)c2ccccc12. The van der Waals surface area contributed by atoms with Crippen molar-refractivity contribution in [1.82, 2.24) is 31.7 Å². The van der Waals surface area contributed by atoms with Crippen molar-refractivity contribution in [3.63, 3.8) is 0 Å². The molecule has 0 bridgehead atoms. The molecular weight excluding hydrogens is 320 g/mol. The van der Waals surface area contributed by atoms with Crippen LogP contribution in [0.4, 0.5) is 11.6 Å². The molecule has 22 heavy (non-hydrogen) atoms. The molecule has 0 unspecified atom stereocenters. The summed E-state index contributed by atoms with van der Waals surface area (Å²) in [4.78, 5) is 0. The van der Waals surface area contributed by atoms with Crippen LogP contribution in [0.25, 0.3) is 10.8 Å². The second-order valence-electron chi connectivity index (χ2n) is 4.10. The molecule has 0 saturated carbocycles. The van der Waals surface area contributed by atoms with Gasteiger partial charge in [-0.15, -0.1) is 10.2 Å². The molecule has 0 aliphatic carbocycles. The average molecular weight is 336 g/mol. The lowest BCUT2D eigenvalue weighted by molar-refractivity contribution is 0.959. The van der Waals surface area contributed by atoms with Crippen molar-refractivity contribution in [1.29, 1.82) is 0 Å². The van der Waals surface area contributed by atoms with Crippen molar-refractivity contribution < 1.29 is 0 Å². The number of hydrogen-bond donors (Lipinski definition) is 6. The molecule has 1 aromatic heterocycles. The molecule has 0 radical (unpaired) electrons. The Labute approximate surface area is 138 Å². The number of hydrogen-bond acceptors (Lipinski definition) is 6. The van der Waals surface area contributed by atoms with Gasteiger partial charge in [0.2, 0.25) is 0 Å². The lowest BCUT2D eigenvalue weighted by atomic mass is 10.2. The van der Waals surface area contributed by atoms with E-state index in [4.69, 9.17) is 24.4 Å². The summed E-state index contributed by atoms with van der Waals surface area (Å²) in [5, 5.41) is 16.5. The summed E-state index contributed by atoms with van der Waals surface area (Å²) in [6.45, 7) is 0. The number of thiocarbonyl (C=S) groups is 2. The van der Waals surface area contributed by atoms with Crippen molar-refractivity contribution >= 4 is 57.1 Å². The maximum atomic E-state index is 5.01. The minimum absolute atomic E-state index is 0.453. The first-order chi connectivity index (χ1) is 10.7. The summed E-state index contributed by atoms with van der Waals surface area (Å²) in [6, 6.07) is 7.69. The standard InChI is InChI=1S/C12H16N8S2/c1-13-11(21)19-17-9-7-5-3-4-6-8(7)10(16-15-9)18-20-12(22)14-2/h3-6H,1-2H3,(H,15,17)(H,16,18)(H2,13,19,21)(H2,14,20,22). The third kappa shape index (κ3) is 3.80. The highest BCUT2D eigenvalue weighted by molar-refractivity contribution is 7.80. The van der Waals surface area contributed by atoms with E-state index in [1.807, 2.05) is 24.3 Å². The predicted molar refractivity (Wildman–Crippen MR) is 96.4 cm³/mol. The van der Waals surface area contributed by atoms with Crippen LogP contribution in [-0.4, -0.2) is 34.5 Å². The van der Waals surface area contributed by atoms with Gasteiger partial charge in [-0.25, -0.2) is 0 Å². The fourth-order valence-corrected chi connectivity index (χ4v) is 1.75. The van der Waals surface area contributed by atoms with Crippen LogP contribution in [0.2, 0.25) is 0 Å². The van der Waals surface area contributed by atoms with Crippen LogP contribution in [-0.2, 0) is 0 Å². The van der Waals surface area contributed by atoms with Gasteiger partial charge in [0.05, 0.1) is 0 Å². The molecule has 8 nitrogen and oxygen atoms in total. The molecule has 0 saturated heterocycles. The van der Waals surface area contributed by atoms with E-state index in [1.54, 1.807) is 14.1 Å². The summed E-state index contributed by atoms with van der Waals surface area (Å²) in [6.07, 6.45) is 0. The van der Waals surface area contributed by atoms with Crippen molar-refractivity contribution in [2.75, 3.05) is 24.9 Å². The normalized spacial score (nSPS) is 9.73. The molecule has 0 fully saturated rings. The summed E-state index contributed by atoms with van der Waals surface area (Å²) in [5.74, 6) is 1.13. The van der Waals surface area contributed by atoms with Crippen LogP contribution < -0.4 is 32.3 Å². The Morgan fingerprint density at radius 3 is 1.59 bits per heavy atom. The molecule has 0 aliphatic rings. The van der Waals surface area contributed by atoms with E-state index in [-0.39, 0.29) is 0 Å². The highest BCUT2D eigenvalue weighted by atomic mass is 32.1. The molecule has 0 amide bonds. The lowest BCUT2D eigenvalue weighted by Crippen LogP contribution is -2.37. The fraction of sp³-hybridized carbons (Fsp3) is 0.167. The highest BCUT2D eigenvalue weighted by Crippen LogP contribution is 2.24. The molecule has 116 valence electrons. The van der Waals surface area contributed by atoms with Gasteiger partial charge in [-0.1, -0.05) is 24.3 Å². The van der Waals surface area contributed by atoms with E-state index in [1.165, 1.54) is 0 Å². The number of nitrogens with one attached hydrogen (secondary N) is 6. The zero-order valence-corrected chi connectivity index (χ0v) is 13.7. The molecule has 2 rings (SSSR count). The predicted octanol–water partition coefficient (Wildman–Crippen LogP) is 0.471. The quantitative estimate of drug-likeness (QED) is 0.349. The van der Waals surface area contributed by atoms with Gasteiger partial charge in [-0.05, 0) is 24.4 Å². The molecule has 1 aromatic carbocycles. The Balaban J connectivity index is 2.26. The number of nitrogens with zero attached hydrogens (tertiary/aromatic N) is 2. The molecule has 0 aliphatic heterocycles. The molecule has 2 aromatic rings. The van der Waals surface area contributed by atoms with E-state index < -0.39 is 0 Å². The van der Waals surface area contributed by atoms with E-state index in [2.05, 4.69) is 42.5 Å². The molecule has 0 spiro atoms. The first-order valence-corrected chi connectivity index (χ1v) is 7.20. The minimum atomic E-state index is 0.453. The summed E-state index contributed by atoms with van der Waals surface area (Å²) in [5.41, 5.74) is 11.5. The monoisotopic (exact) mass is 336 g/mol. The molecule has 6 N–H and O–H groups in total. The number of rotatable bonds is 4. The first kappa shape index (κ1) is 15.9. The van der Waals surface area contributed by atoms with Crippen LogP contribution in [0.1, 0.15) is 0 Å². The summed E-state index contributed by atoms with van der Waals surface area (Å²) in [7, 11) is 3.45. The molecular formula is C12H16N8S2. The minimum Gasteiger partial charge on any atom is -0.364 e. The maximum absolute atomic E-state index is 5.01. The number of fused-ring (bicyclic) bond motifs is 1. The number of benzene rings is 1. The van der Waals surface area contributed by atoms with Gasteiger partial charge in [-0.2, -0.15) is 0 Å². The Hall–Kier alpha value is -2.46. The Bertz CT molecular complexity index is 631. The first-order valence-electron chi connectivity index (χ1n) is 6.38. The van der Waals surface area contributed by atoms with Gasteiger partial charge < -0.3 is 10.6 Å². The zero-order valence-electron chi connectivity index (χ0n) is 12.0. The van der Waals surface area contributed by atoms with Crippen molar-refractivity contribution in [3.05, 3.63) is 24.3 Å². The van der Waals surface area contributed by atoms with E-state index in [9.17, 15) is 0 Å².